The van der Waals surface area contributed by atoms with Gasteiger partial charge in [-0.2, -0.15) is 5.48 Å². The van der Waals surface area contributed by atoms with Gasteiger partial charge in [0.05, 0.1) is 12.6 Å². The van der Waals surface area contributed by atoms with E-state index in [4.69, 9.17) is 4.84 Å². The van der Waals surface area contributed by atoms with Crippen LogP contribution in [-0.4, -0.2) is 30.8 Å². The van der Waals surface area contributed by atoms with E-state index in [-0.39, 0.29) is 0 Å². The van der Waals surface area contributed by atoms with Crippen LogP contribution in [0.3, 0.4) is 0 Å². The van der Waals surface area contributed by atoms with Crippen molar-refractivity contribution in [2.45, 2.75) is 32.3 Å². The average Bonchev–Trinajstić information content (AvgIpc) is 2.41. The van der Waals surface area contributed by atoms with E-state index < -0.39 is 6.10 Å². The van der Waals surface area contributed by atoms with Gasteiger partial charge in [-0.05, 0) is 56.8 Å². The predicted molar refractivity (Wildman–Crippen MR) is 76.1 cm³/mol. The normalized spacial score (nSPS) is 21.1. The van der Waals surface area contributed by atoms with Crippen LogP contribution < -0.4 is 15.6 Å². The van der Waals surface area contributed by atoms with Crippen molar-refractivity contribution in [3.05, 3.63) is 29.8 Å². The lowest BCUT2D eigenvalue weighted by atomic mass is 9.92. The molecule has 4 nitrogen and oxygen atoms in total. The summed E-state index contributed by atoms with van der Waals surface area (Å²) in [5.41, 5.74) is 4.04. The molecule has 1 aromatic rings. The third kappa shape index (κ3) is 4.82. The number of benzene rings is 1. The SMILES string of the molecule is CC(O)CNOc1ccccc1CC1CCCNC1. The first kappa shape index (κ1) is 14.3. The summed E-state index contributed by atoms with van der Waals surface area (Å²) in [6.07, 6.45) is 3.17. The maximum Gasteiger partial charge on any atom is 0.150 e. The van der Waals surface area contributed by atoms with Gasteiger partial charge in [0.15, 0.2) is 0 Å². The van der Waals surface area contributed by atoms with Crippen LogP contribution in [0.1, 0.15) is 25.3 Å². The summed E-state index contributed by atoms with van der Waals surface area (Å²) in [7, 11) is 0. The van der Waals surface area contributed by atoms with Crippen molar-refractivity contribution in [1.29, 1.82) is 0 Å². The molecule has 1 aliphatic heterocycles. The minimum Gasteiger partial charge on any atom is -0.408 e. The molecule has 0 amide bonds. The summed E-state index contributed by atoms with van der Waals surface area (Å²) in [6.45, 7) is 4.40. The molecule has 4 heteroatoms. The highest BCUT2D eigenvalue weighted by molar-refractivity contribution is 5.33. The van der Waals surface area contributed by atoms with Crippen molar-refractivity contribution in [3.8, 4) is 5.75 Å². The lowest BCUT2D eigenvalue weighted by Crippen LogP contribution is -2.31. The maximum absolute atomic E-state index is 9.21. The number of para-hydroxylation sites is 1. The summed E-state index contributed by atoms with van der Waals surface area (Å²) in [5.74, 6) is 1.56. The number of hydrogen-bond acceptors (Lipinski definition) is 4. The van der Waals surface area contributed by atoms with E-state index in [9.17, 15) is 5.11 Å². The summed E-state index contributed by atoms with van der Waals surface area (Å²) in [4.78, 5) is 5.56. The lowest BCUT2D eigenvalue weighted by molar-refractivity contribution is 0.117. The number of hydroxylamine groups is 1. The Balaban J connectivity index is 1.91. The maximum atomic E-state index is 9.21. The number of nitrogens with one attached hydrogen (secondary N) is 2. The van der Waals surface area contributed by atoms with Crippen LogP contribution in [0.25, 0.3) is 0 Å². The van der Waals surface area contributed by atoms with E-state index in [2.05, 4.69) is 16.9 Å². The second-order valence-corrected chi connectivity index (χ2v) is 5.32. The van der Waals surface area contributed by atoms with E-state index in [0.717, 1.165) is 25.3 Å². The molecule has 0 saturated carbocycles. The molecular formula is C15H24N2O2. The Bertz CT molecular complexity index is 376. The third-order valence-electron chi connectivity index (χ3n) is 3.44. The minimum absolute atomic E-state index is 0.408. The molecule has 0 spiro atoms. The quantitative estimate of drug-likeness (QED) is 0.682. The molecule has 0 radical (unpaired) electrons. The third-order valence-corrected chi connectivity index (χ3v) is 3.44. The van der Waals surface area contributed by atoms with Gasteiger partial charge in [-0.15, -0.1) is 0 Å². The number of rotatable bonds is 6. The van der Waals surface area contributed by atoms with Crippen molar-refractivity contribution in [2.24, 2.45) is 5.92 Å². The van der Waals surface area contributed by atoms with Crippen molar-refractivity contribution in [3.63, 3.8) is 0 Å². The van der Waals surface area contributed by atoms with E-state index in [0.29, 0.717) is 12.5 Å². The highest BCUT2D eigenvalue weighted by Crippen LogP contribution is 2.23. The zero-order chi connectivity index (χ0) is 13.5. The first-order valence-electron chi connectivity index (χ1n) is 7.12. The fraction of sp³-hybridized carbons (Fsp3) is 0.600. The van der Waals surface area contributed by atoms with Gasteiger partial charge in [-0.25, -0.2) is 0 Å². The minimum atomic E-state index is -0.408. The molecule has 3 N–H and O–H groups in total. The molecule has 1 aromatic carbocycles. The molecule has 0 bridgehead atoms. The van der Waals surface area contributed by atoms with Gasteiger partial charge in [0, 0.05) is 0 Å². The monoisotopic (exact) mass is 264 g/mol. The van der Waals surface area contributed by atoms with Gasteiger partial charge in [0.25, 0.3) is 0 Å². The smallest absolute Gasteiger partial charge is 0.150 e. The highest BCUT2D eigenvalue weighted by atomic mass is 16.6. The summed E-state index contributed by atoms with van der Waals surface area (Å²) >= 11 is 0. The molecule has 1 heterocycles. The fourth-order valence-electron chi connectivity index (χ4n) is 2.42. The van der Waals surface area contributed by atoms with E-state index in [1.807, 2.05) is 18.2 Å². The van der Waals surface area contributed by atoms with Crippen molar-refractivity contribution in [1.82, 2.24) is 10.8 Å². The number of aliphatic hydroxyl groups is 1. The second kappa shape index (κ2) is 7.48. The largest absolute Gasteiger partial charge is 0.408 e. The molecule has 19 heavy (non-hydrogen) atoms. The van der Waals surface area contributed by atoms with Crippen LogP contribution in [0, 0.1) is 5.92 Å². The number of piperidine rings is 1. The van der Waals surface area contributed by atoms with E-state index >= 15 is 0 Å². The van der Waals surface area contributed by atoms with Gasteiger partial charge in [0.2, 0.25) is 0 Å². The molecule has 0 aliphatic carbocycles. The Labute approximate surface area is 115 Å². The van der Waals surface area contributed by atoms with Crippen LogP contribution in [0.15, 0.2) is 24.3 Å². The summed E-state index contributed by atoms with van der Waals surface area (Å²) in [5, 5.41) is 12.7. The van der Waals surface area contributed by atoms with Crippen LogP contribution in [0.2, 0.25) is 0 Å². The highest BCUT2D eigenvalue weighted by Gasteiger charge is 2.15. The fourth-order valence-corrected chi connectivity index (χ4v) is 2.42. The Morgan fingerprint density at radius 2 is 2.32 bits per heavy atom. The Morgan fingerprint density at radius 3 is 3.05 bits per heavy atom. The van der Waals surface area contributed by atoms with E-state index in [1.165, 1.54) is 18.4 Å². The van der Waals surface area contributed by atoms with Gasteiger partial charge in [-0.1, -0.05) is 18.2 Å². The van der Waals surface area contributed by atoms with Gasteiger partial charge in [0.1, 0.15) is 5.75 Å². The van der Waals surface area contributed by atoms with Crippen LogP contribution in [0.5, 0.6) is 5.75 Å². The second-order valence-electron chi connectivity index (χ2n) is 5.32. The average molecular weight is 264 g/mol. The Morgan fingerprint density at radius 1 is 1.47 bits per heavy atom. The molecule has 1 saturated heterocycles. The zero-order valence-corrected chi connectivity index (χ0v) is 11.6. The van der Waals surface area contributed by atoms with Crippen molar-refractivity contribution >= 4 is 0 Å². The topological polar surface area (TPSA) is 53.5 Å². The molecule has 0 aromatic heterocycles. The van der Waals surface area contributed by atoms with Crippen molar-refractivity contribution in [2.75, 3.05) is 19.6 Å². The zero-order valence-electron chi connectivity index (χ0n) is 11.6. The standard InChI is InChI=1S/C15H24N2O2/c1-12(18)10-17-19-15-7-3-2-6-14(15)9-13-5-4-8-16-11-13/h2-3,6-7,12-13,16-18H,4-5,8-11H2,1H3. The number of hydrogen-bond donors (Lipinski definition) is 3. The summed E-state index contributed by atoms with van der Waals surface area (Å²) in [6, 6.07) is 8.11. The van der Waals surface area contributed by atoms with E-state index in [1.54, 1.807) is 6.92 Å². The van der Waals surface area contributed by atoms with Gasteiger partial charge in [-0.3, -0.25) is 0 Å². The molecular weight excluding hydrogens is 240 g/mol. The van der Waals surface area contributed by atoms with Crippen LogP contribution >= 0.6 is 0 Å². The molecule has 1 fully saturated rings. The first-order valence-corrected chi connectivity index (χ1v) is 7.12. The van der Waals surface area contributed by atoms with Crippen LogP contribution in [-0.2, 0) is 6.42 Å². The Hall–Kier alpha value is -1.10. The van der Waals surface area contributed by atoms with Gasteiger partial charge >= 0.3 is 0 Å². The predicted octanol–water partition coefficient (Wildman–Crippen LogP) is 1.49. The molecule has 106 valence electrons. The van der Waals surface area contributed by atoms with Crippen molar-refractivity contribution < 1.29 is 9.94 Å². The van der Waals surface area contributed by atoms with Crippen LogP contribution in [0.4, 0.5) is 0 Å². The Kier molecular flexibility index (Phi) is 5.63. The first-order chi connectivity index (χ1) is 9.25. The molecule has 2 atom stereocenters. The lowest BCUT2D eigenvalue weighted by Gasteiger charge is -2.23. The summed E-state index contributed by atoms with van der Waals surface area (Å²) < 4.78 is 0. The van der Waals surface area contributed by atoms with Gasteiger partial charge < -0.3 is 15.3 Å². The molecule has 2 rings (SSSR count). The number of aliphatic hydroxyl groups excluding tert-OH is 1. The molecule has 1 aliphatic rings. The molecule has 2 unspecified atom stereocenters.